The lowest BCUT2D eigenvalue weighted by Crippen LogP contribution is -2.25. The van der Waals surface area contributed by atoms with Gasteiger partial charge in [0.2, 0.25) is 0 Å². The fourth-order valence-electron chi connectivity index (χ4n) is 3.08. The number of aromatic nitrogens is 2. The molecule has 0 atom stereocenters. The molecular formula is C21H20N2O5. The fraction of sp³-hybridized carbons (Fsp3) is 0.238. The Morgan fingerprint density at radius 2 is 1.86 bits per heavy atom. The molecule has 0 bridgehead atoms. The van der Waals surface area contributed by atoms with Crippen LogP contribution in [0.5, 0.6) is 5.75 Å². The van der Waals surface area contributed by atoms with E-state index >= 15 is 0 Å². The predicted molar refractivity (Wildman–Crippen MR) is 104 cm³/mol. The van der Waals surface area contributed by atoms with E-state index in [9.17, 15) is 14.4 Å². The van der Waals surface area contributed by atoms with E-state index in [0.29, 0.717) is 33.5 Å². The highest BCUT2D eigenvalue weighted by Crippen LogP contribution is 2.29. The van der Waals surface area contributed by atoms with Gasteiger partial charge in [-0.1, -0.05) is 12.1 Å². The predicted octanol–water partition coefficient (Wildman–Crippen LogP) is 3.36. The number of hydrogen-bond donors (Lipinski definition) is 0. The zero-order valence-corrected chi connectivity index (χ0v) is 16.1. The fourth-order valence-corrected chi connectivity index (χ4v) is 3.08. The van der Waals surface area contributed by atoms with Crippen LogP contribution in [0.25, 0.3) is 22.2 Å². The van der Waals surface area contributed by atoms with Crippen LogP contribution in [0.15, 0.2) is 47.3 Å². The molecule has 0 aliphatic rings. The van der Waals surface area contributed by atoms with Gasteiger partial charge in [-0.05, 0) is 44.2 Å². The molecule has 28 heavy (non-hydrogen) atoms. The Bertz CT molecular complexity index is 1130. The van der Waals surface area contributed by atoms with E-state index in [0.717, 1.165) is 0 Å². The molecule has 7 nitrogen and oxygen atoms in total. The van der Waals surface area contributed by atoms with Crippen molar-refractivity contribution in [1.29, 1.82) is 0 Å². The Balaban J connectivity index is 2.30. The molecule has 0 N–H and O–H groups in total. The molecule has 7 heteroatoms. The van der Waals surface area contributed by atoms with Crippen molar-refractivity contribution in [3.63, 3.8) is 0 Å². The summed E-state index contributed by atoms with van der Waals surface area (Å²) in [6.07, 6.45) is 0. The minimum Gasteiger partial charge on any atom is -0.465 e. The summed E-state index contributed by atoms with van der Waals surface area (Å²) < 4.78 is 11.5. The molecular weight excluding hydrogens is 360 g/mol. The lowest BCUT2D eigenvalue weighted by molar-refractivity contribution is -0.131. The summed E-state index contributed by atoms with van der Waals surface area (Å²) in [5, 5.41) is 0.695. The Hall–Kier alpha value is -3.48. The summed E-state index contributed by atoms with van der Waals surface area (Å²) in [5.41, 5.74) is 1.56. The lowest BCUT2D eigenvalue weighted by atomic mass is 10.0. The first-order chi connectivity index (χ1) is 13.3. The molecule has 3 rings (SSSR count). The zero-order chi connectivity index (χ0) is 20.4. The number of nitrogens with zero attached hydrogens (tertiary/aromatic N) is 2. The molecule has 0 saturated heterocycles. The van der Waals surface area contributed by atoms with E-state index in [4.69, 9.17) is 9.47 Å². The van der Waals surface area contributed by atoms with E-state index in [1.165, 1.54) is 18.6 Å². The van der Waals surface area contributed by atoms with Crippen LogP contribution in [0.4, 0.5) is 0 Å². The molecule has 0 spiro atoms. The monoisotopic (exact) mass is 380 g/mol. The highest BCUT2D eigenvalue weighted by Gasteiger charge is 2.17. The van der Waals surface area contributed by atoms with Crippen LogP contribution < -0.4 is 10.4 Å². The zero-order valence-electron chi connectivity index (χ0n) is 16.1. The SMILES string of the molecule is COC(=O)c1ccc2c(-c3cccc(OC(C)=O)c3)nc(=O)n(C(C)C)c2c1. The third-order valence-electron chi connectivity index (χ3n) is 4.23. The van der Waals surface area contributed by atoms with E-state index in [1.807, 2.05) is 13.8 Å². The molecule has 2 aromatic carbocycles. The van der Waals surface area contributed by atoms with Crippen molar-refractivity contribution in [2.24, 2.45) is 0 Å². The van der Waals surface area contributed by atoms with E-state index in [-0.39, 0.29) is 6.04 Å². The molecule has 0 fully saturated rings. The maximum Gasteiger partial charge on any atom is 0.348 e. The minimum absolute atomic E-state index is 0.156. The molecule has 0 amide bonds. The van der Waals surface area contributed by atoms with Crippen molar-refractivity contribution in [1.82, 2.24) is 9.55 Å². The van der Waals surface area contributed by atoms with Crippen molar-refractivity contribution >= 4 is 22.8 Å². The first kappa shape index (κ1) is 19.3. The van der Waals surface area contributed by atoms with E-state index in [1.54, 1.807) is 42.5 Å². The van der Waals surface area contributed by atoms with Gasteiger partial charge in [0.05, 0.1) is 23.9 Å². The van der Waals surface area contributed by atoms with Crippen LogP contribution in [0.3, 0.4) is 0 Å². The molecule has 1 heterocycles. The highest BCUT2D eigenvalue weighted by atomic mass is 16.5. The summed E-state index contributed by atoms with van der Waals surface area (Å²) in [5.74, 6) is -0.563. The number of methoxy groups -OCH3 is 1. The van der Waals surface area contributed by atoms with Gasteiger partial charge in [-0.15, -0.1) is 0 Å². The Labute approximate surface area is 161 Å². The van der Waals surface area contributed by atoms with Gasteiger partial charge in [0.25, 0.3) is 0 Å². The summed E-state index contributed by atoms with van der Waals surface area (Å²) in [6.45, 7) is 5.06. The van der Waals surface area contributed by atoms with Crippen LogP contribution >= 0.6 is 0 Å². The molecule has 0 aliphatic heterocycles. The van der Waals surface area contributed by atoms with Crippen molar-refractivity contribution in [2.75, 3.05) is 7.11 Å². The first-order valence-electron chi connectivity index (χ1n) is 8.75. The van der Waals surface area contributed by atoms with Gasteiger partial charge < -0.3 is 9.47 Å². The summed E-state index contributed by atoms with van der Waals surface area (Å²) in [7, 11) is 1.31. The van der Waals surface area contributed by atoms with Gasteiger partial charge in [-0.3, -0.25) is 9.36 Å². The summed E-state index contributed by atoms with van der Waals surface area (Å²) >= 11 is 0. The minimum atomic E-state index is -0.486. The molecule has 0 radical (unpaired) electrons. The average Bonchev–Trinajstić information content (AvgIpc) is 2.65. The highest BCUT2D eigenvalue weighted by molar-refractivity contribution is 5.98. The number of benzene rings is 2. The Morgan fingerprint density at radius 3 is 2.50 bits per heavy atom. The number of carbonyl (C=O) groups is 2. The Morgan fingerprint density at radius 1 is 1.11 bits per heavy atom. The van der Waals surface area contributed by atoms with Gasteiger partial charge in [0.15, 0.2) is 0 Å². The van der Waals surface area contributed by atoms with Crippen LogP contribution in [0.2, 0.25) is 0 Å². The van der Waals surface area contributed by atoms with Crippen LogP contribution in [0, 0.1) is 0 Å². The summed E-state index contributed by atoms with van der Waals surface area (Å²) in [4.78, 5) is 40.2. The maximum atomic E-state index is 12.7. The molecule has 3 aromatic rings. The molecule has 0 saturated carbocycles. The number of hydrogen-bond acceptors (Lipinski definition) is 6. The van der Waals surface area contributed by atoms with Crippen LogP contribution in [-0.4, -0.2) is 28.6 Å². The summed E-state index contributed by atoms with van der Waals surface area (Å²) in [6, 6.07) is 11.6. The largest absolute Gasteiger partial charge is 0.465 e. The van der Waals surface area contributed by atoms with Crippen molar-refractivity contribution in [3.05, 3.63) is 58.5 Å². The van der Waals surface area contributed by atoms with Gasteiger partial charge in [-0.2, -0.15) is 4.98 Å². The van der Waals surface area contributed by atoms with E-state index < -0.39 is 17.6 Å². The van der Waals surface area contributed by atoms with Gasteiger partial charge in [-0.25, -0.2) is 9.59 Å². The normalized spacial score (nSPS) is 10.9. The van der Waals surface area contributed by atoms with Crippen LogP contribution in [-0.2, 0) is 9.53 Å². The van der Waals surface area contributed by atoms with Gasteiger partial charge in [0, 0.05) is 23.9 Å². The third kappa shape index (κ3) is 3.64. The van der Waals surface area contributed by atoms with Gasteiger partial charge in [0.1, 0.15) is 5.75 Å². The topological polar surface area (TPSA) is 87.5 Å². The smallest absolute Gasteiger partial charge is 0.348 e. The lowest BCUT2D eigenvalue weighted by Gasteiger charge is -2.16. The average molecular weight is 380 g/mol. The molecule has 1 aromatic heterocycles. The molecule has 144 valence electrons. The Kier molecular flexibility index (Phi) is 5.26. The second-order valence-electron chi connectivity index (χ2n) is 6.55. The number of ether oxygens (including phenoxy) is 2. The third-order valence-corrected chi connectivity index (χ3v) is 4.23. The molecule has 0 unspecified atom stereocenters. The van der Waals surface area contributed by atoms with Crippen molar-refractivity contribution in [2.45, 2.75) is 26.8 Å². The second kappa shape index (κ2) is 7.64. The quantitative estimate of drug-likeness (QED) is 0.509. The van der Waals surface area contributed by atoms with Crippen LogP contribution in [0.1, 0.15) is 37.2 Å². The van der Waals surface area contributed by atoms with Crippen molar-refractivity contribution in [3.8, 4) is 17.0 Å². The van der Waals surface area contributed by atoms with E-state index in [2.05, 4.69) is 4.98 Å². The standard InChI is InChI=1S/C21H20N2O5/c1-12(2)23-18-11-15(20(25)27-4)8-9-17(18)19(22-21(23)26)14-6-5-7-16(10-14)28-13(3)24/h5-12H,1-4H3. The maximum absolute atomic E-state index is 12.7. The number of carbonyl (C=O) groups excluding carboxylic acids is 2. The van der Waals surface area contributed by atoms with Gasteiger partial charge >= 0.3 is 17.6 Å². The first-order valence-corrected chi connectivity index (χ1v) is 8.75. The number of fused-ring (bicyclic) bond motifs is 1. The number of esters is 2. The second-order valence-corrected chi connectivity index (χ2v) is 6.55. The van der Waals surface area contributed by atoms with Crippen molar-refractivity contribution < 1.29 is 19.1 Å². The molecule has 0 aliphatic carbocycles. The number of rotatable bonds is 4.